The lowest BCUT2D eigenvalue weighted by Gasteiger charge is -2.23. The van der Waals surface area contributed by atoms with E-state index in [0.717, 1.165) is 73.3 Å². The molecule has 0 spiro atoms. The monoisotopic (exact) mass is 358 g/mol. The van der Waals surface area contributed by atoms with Crippen molar-refractivity contribution in [2.75, 3.05) is 38.6 Å². The van der Waals surface area contributed by atoms with Crippen LogP contribution in [0.3, 0.4) is 0 Å². The Hall–Kier alpha value is -1.70. The van der Waals surface area contributed by atoms with E-state index < -0.39 is 0 Å². The molecule has 4 rings (SSSR count). The standard InChI is InChI=1S/C18H23N5OS/c1-2-7-23-15-6-4-3-5-14(15)16-17(23)19-18(21-20-16)25-13-10-22-8-11-24-12-9-22/h3-6H,2,7-13H2,1H3/p+1. The molecule has 0 unspecified atom stereocenters. The Morgan fingerprint density at radius 2 is 2.04 bits per heavy atom. The van der Waals surface area contributed by atoms with Crippen LogP contribution < -0.4 is 4.90 Å². The lowest BCUT2D eigenvalue weighted by atomic mass is 10.2. The molecule has 3 aromatic rings. The molecule has 7 heteroatoms. The van der Waals surface area contributed by atoms with Gasteiger partial charge in [0.2, 0.25) is 5.16 Å². The van der Waals surface area contributed by atoms with Gasteiger partial charge in [-0.3, -0.25) is 0 Å². The Balaban J connectivity index is 1.56. The van der Waals surface area contributed by atoms with Crippen molar-refractivity contribution in [1.82, 2.24) is 19.7 Å². The first-order chi connectivity index (χ1) is 12.4. The number of ether oxygens (including phenoxy) is 1. The summed E-state index contributed by atoms with van der Waals surface area (Å²) in [6.45, 7) is 8.21. The third-order valence-electron chi connectivity index (χ3n) is 4.69. The summed E-state index contributed by atoms with van der Waals surface area (Å²) in [6.07, 6.45) is 1.07. The molecular weight excluding hydrogens is 334 g/mol. The van der Waals surface area contributed by atoms with Crippen LogP contribution in [0, 0.1) is 0 Å². The molecule has 2 aromatic heterocycles. The lowest BCUT2D eigenvalue weighted by Crippen LogP contribution is -3.14. The molecule has 25 heavy (non-hydrogen) atoms. The topological polar surface area (TPSA) is 57.3 Å². The van der Waals surface area contributed by atoms with E-state index in [4.69, 9.17) is 9.72 Å². The van der Waals surface area contributed by atoms with Gasteiger partial charge in [-0.2, -0.15) is 0 Å². The summed E-state index contributed by atoms with van der Waals surface area (Å²) in [5, 5.41) is 10.8. The summed E-state index contributed by atoms with van der Waals surface area (Å²) < 4.78 is 7.69. The van der Waals surface area contributed by atoms with E-state index in [2.05, 4.69) is 39.9 Å². The van der Waals surface area contributed by atoms with Crippen LogP contribution in [0.4, 0.5) is 0 Å². The minimum absolute atomic E-state index is 0.778. The SMILES string of the molecule is CCCn1c2ccccc2c2nnc(SCC[NH+]3CCOCC3)nc21. The van der Waals surface area contributed by atoms with Crippen LogP contribution >= 0.6 is 11.8 Å². The predicted octanol–water partition coefficient (Wildman–Crippen LogP) is 1.40. The molecule has 0 saturated carbocycles. The number of nitrogens with zero attached hydrogens (tertiary/aromatic N) is 4. The molecule has 0 radical (unpaired) electrons. The van der Waals surface area contributed by atoms with Gasteiger partial charge in [0.1, 0.15) is 18.6 Å². The van der Waals surface area contributed by atoms with E-state index >= 15 is 0 Å². The predicted molar refractivity (Wildman–Crippen MR) is 100 cm³/mol. The van der Waals surface area contributed by atoms with Crippen molar-refractivity contribution < 1.29 is 9.64 Å². The number of hydrogen-bond donors (Lipinski definition) is 1. The quantitative estimate of drug-likeness (QED) is 0.675. The van der Waals surface area contributed by atoms with Crippen LogP contribution in [0.15, 0.2) is 29.4 Å². The number of hydrogen-bond acceptors (Lipinski definition) is 5. The third-order valence-corrected chi connectivity index (χ3v) is 5.53. The third kappa shape index (κ3) is 3.49. The molecule has 1 aliphatic heterocycles. The van der Waals surface area contributed by atoms with E-state index in [-0.39, 0.29) is 0 Å². The van der Waals surface area contributed by atoms with Crippen LogP contribution in [-0.4, -0.2) is 58.3 Å². The molecule has 1 aliphatic rings. The highest BCUT2D eigenvalue weighted by Gasteiger charge is 2.16. The van der Waals surface area contributed by atoms with Gasteiger partial charge < -0.3 is 14.2 Å². The van der Waals surface area contributed by atoms with Crippen molar-refractivity contribution >= 4 is 33.8 Å². The maximum Gasteiger partial charge on any atom is 0.211 e. The number of nitrogens with one attached hydrogen (secondary N) is 1. The largest absolute Gasteiger partial charge is 0.370 e. The normalized spacial score (nSPS) is 16.0. The fourth-order valence-corrected chi connectivity index (χ4v) is 4.22. The fraction of sp³-hybridized carbons (Fsp3) is 0.500. The van der Waals surface area contributed by atoms with Gasteiger partial charge in [0.25, 0.3) is 0 Å². The Morgan fingerprint density at radius 3 is 2.88 bits per heavy atom. The lowest BCUT2D eigenvalue weighted by molar-refractivity contribution is -0.905. The minimum Gasteiger partial charge on any atom is -0.370 e. The summed E-state index contributed by atoms with van der Waals surface area (Å²) >= 11 is 1.71. The minimum atomic E-state index is 0.778. The number of morpholine rings is 1. The number of rotatable bonds is 6. The van der Waals surface area contributed by atoms with Crippen LogP contribution in [0.5, 0.6) is 0 Å². The Morgan fingerprint density at radius 1 is 1.20 bits per heavy atom. The molecule has 1 saturated heterocycles. The summed E-state index contributed by atoms with van der Waals surface area (Å²) in [5.74, 6) is 1.01. The van der Waals surface area contributed by atoms with Gasteiger partial charge in [0, 0.05) is 11.9 Å². The second kappa shape index (κ2) is 7.68. The van der Waals surface area contributed by atoms with Crippen molar-refractivity contribution in [3.8, 4) is 0 Å². The smallest absolute Gasteiger partial charge is 0.211 e. The van der Waals surface area contributed by atoms with Crippen molar-refractivity contribution in [3.63, 3.8) is 0 Å². The summed E-state index contributed by atoms with van der Waals surface area (Å²) in [6, 6.07) is 8.37. The van der Waals surface area contributed by atoms with Crippen molar-refractivity contribution in [1.29, 1.82) is 0 Å². The van der Waals surface area contributed by atoms with Crippen LogP contribution in [0.1, 0.15) is 13.3 Å². The molecule has 1 N–H and O–H groups in total. The summed E-state index contributed by atoms with van der Waals surface area (Å²) in [4.78, 5) is 6.44. The first-order valence-corrected chi connectivity index (χ1v) is 10.0. The molecule has 0 amide bonds. The van der Waals surface area contributed by atoms with Gasteiger partial charge in [-0.05, 0) is 12.5 Å². The highest BCUT2D eigenvalue weighted by atomic mass is 32.2. The summed E-state index contributed by atoms with van der Waals surface area (Å²) in [7, 11) is 0. The molecule has 0 aliphatic carbocycles. The Bertz CT molecular complexity index is 859. The van der Waals surface area contributed by atoms with E-state index in [0.29, 0.717) is 0 Å². The highest BCUT2D eigenvalue weighted by Crippen LogP contribution is 2.27. The molecule has 3 heterocycles. The Labute approximate surface area is 151 Å². The molecule has 132 valence electrons. The number of thioether (sulfide) groups is 1. The molecule has 1 aromatic carbocycles. The molecule has 0 bridgehead atoms. The average molecular weight is 358 g/mol. The zero-order valence-electron chi connectivity index (χ0n) is 14.6. The number of aromatic nitrogens is 4. The fourth-order valence-electron chi connectivity index (χ4n) is 3.40. The first-order valence-electron chi connectivity index (χ1n) is 9.02. The number of fused-ring (bicyclic) bond motifs is 3. The van der Waals surface area contributed by atoms with Gasteiger partial charge in [0.15, 0.2) is 5.65 Å². The maximum atomic E-state index is 5.41. The van der Waals surface area contributed by atoms with Gasteiger partial charge in [0.05, 0.1) is 31.0 Å². The van der Waals surface area contributed by atoms with E-state index in [1.807, 2.05) is 6.07 Å². The molecular formula is C18H24N5OS+. The molecule has 1 fully saturated rings. The summed E-state index contributed by atoms with van der Waals surface area (Å²) in [5.41, 5.74) is 3.06. The number of para-hydroxylation sites is 1. The maximum absolute atomic E-state index is 5.41. The van der Waals surface area contributed by atoms with Crippen molar-refractivity contribution in [2.45, 2.75) is 25.0 Å². The van der Waals surface area contributed by atoms with Crippen LogP contribution in [-0.2, 0) is 11.3 Å². The zero-order chi connectivity index (χ0) is 17.1. The second-order valence-electron chi connectivity index (χ2n) is 6.40. The highest BCUT2D eigenvalue weighted by molar-refractivity contribution is 7.99. The van der Waals surface area contributed by atoms with Crippen molar-refractivity contribution in [3.05, 3.63) is 24.3 Å². The van der Waals surface area contributed by atoms with Crippen molar-refractivity contribution in [2.24, 2.45) is 0 Å². The van der Waals surface area contributed by atoms with Crippen LogP contribution in [0.2, 0.25) is 0 Å². The van der Waals surface area contributed by atoms with Gasteiger partial charge in [-0.15, -0.1) is 10.2 Å². The number of quaternary nitrogens is 1. The zero-order valence-corrected chi connectivity index (χ0v) is 15.4. The van der Waals surface area contributed by atoms with Gasteiger partial charge in [-0.1, -0.05) is 36.9 Å². The second-order valence-corrected chi connectivity index (χ2v) is 7.46. The van der Waals surface area contributed by atoms with E-state index in [1.54, 1.807) is 16.7 Å². The van der Waals surface area contributed by atoms with Gasteiger partial charge >= 0.3 is 0 Å². The molecule has 6 nitrogen and oxygen atoms in total. The Kier molecular flexibility index (Phi) is 5.14. The van der Waals surface area contributed by atoms with E-state index in [9.17, 15) is 0 Å². The van der Waals surface area contributed by atoms with Crippen LogP contribution in [0.25, 0.3) is 22.1 Å². The number of benzene rings is 1. The number of aryl methyl sites for hydroxylation is 1. The van der Waals surface area contributed by atoms with Gasteiger partial charge in [-0.25, -0.2) is 4.98 Å². The first kappa shape index (κ1) is 16.8. The average Bonchev–Trinajstić information content (AvgIpc) is 2.97. The molecule has 0 atom stereocenters. The van der Waals surface area contributed by atoms with E-state index in [1.165, 1.54) is 5.52 Å².